The monoisotopic (exact) mass is 357 g/mol. The number of nitrogens with zero attached hydrogens (tertiary/aromatic N) is 1. The summed E-state index contributed by atoms with van der Waals surface area (Å²) in [5, 5.41) is 0.230. The van der Waals surface area contributed by atoms with Crippen LogP contribution in [0, 0.1) is 29.1 Å². The molecule has 2 saturated carbocycles. The van der Waals surface area contributed by atoms with Crippen LogP contribution in [-0.4, -0.2) is 24.9 Å². The number of esters is 1. The highest BCUT2D eigenvalue weighted by Crippen LogP contribution is 2.73. The third-order valence-corrected chi connectivity index (χ3v) is 6.80. The average Bonchev–Trinajstić information content (AvgIpc) is 3.20. The highest BCUT2D eigenvalue weighted by Gasteiger charge is 2.73. The summed E-state index contributed by atoms with van der Waals surface area (Å²) in [5.41, 5.74) is 0.710. The number of anilines is 1. The van der Waals surface area contributed by atoms with Gasteiger partial charge in [-0.05, 0) is 48.3 Å². The Morgan fingerprint density at radius 3 is 2.28 bits per heavy atom. The van der Waals surface area contributed by atoms with E-state index in [0.29, 0.717) is 5.69 Å². The van der Waals surface area contributed by atoms with Crippen LogP contribution in [0.25, 0.3) is 0 Å². The number of halogens is 1. The van der Waals surface area contributed by atoms with Crippen LogP contribution in [0.5, 0.6) is 0 Å². The first-order valence-corrected chi connectivity index (χ1v) is 8.81. The Labute approximate surface area is 149 Å². The number of methoxy groups -OCH3 is 1. The number of imide groups is 1. The van der Waals surface area contributed by atoms with Gasteiger partial charge in [0.2, 0.25) is 11.8 Å². The number of allylic oxidation sites excluding steroid dienone is 2. The van der Waals surface area contributed by atoms with E-state index in [4.69, 9.17) is 16.3 Å². The largest absolute Gasteiger partial charge is 0.465 e. The second kappa shape index (κ2) is 4.73. The Balaban J connectivity index is 1.54. The van der Waals surface area contributed by atoms with Gasteiger partial charge >= 0.3 is 5.97 Å². The highest BCUT2D eigenvalue weighted by atomic mass is 35.5. The Bertz CT molecular complexity index is 838. The van der Waals surface area contributed by atoms with Crippen LogP contribution >= 0.6 is 11.6 Å². The summed E-state index contributed by atoms with van der Waals surface area (Å²) in [7, 11) is 1.26. The molecule has 1 aromatic carbocycles. The van der Waals surface area contributed by atoms with E-state index >= 15 is 0 Å². The maximum atomic E-state index is 13.1. The molecule has 3 fully saturated rings. The minimum atomic E-state index is -0.593. The standard InChI is InChI=1S/C19H16ClNO4/c1-25-18(24)10-8-9(2-5-13(10)20)21-16(22)14-11-3-4-12(15(14)17(21)23)19(11)6-7-19/h2-5,8,11-12,14-15H,6-7H2,1H3/t11-,12-,14-,15-/m1/s1. The Morgan fingerprint density at radius 2 is 1.76 bits per heavy atom. The molecule has 6 heteroatoms. The summed E-state index contributed by atoms with van der Waals surface area (Å²) in [6, 6.07) is 4.59. The van der Waals surface area contributed by atoms with Crippen LogP contribution in [0.15, 0.2) is 30.4 Å². The van der Waals surface area contributed by atoms with Crippen molar-refractivity contribution in [1.82, 2.24) is 0 Å². The molecule has 0 aromatic heterocycles. The Hall–Kier alpha value is -2.14. The summed E-state index contributed by atoms with van der Waals surface area (Å²) < 4.78 is 4.72. The van der Waals surface area contributed by atoms with Crippen LogP contribution in [0.2, 0.25) is 5.02 Å². The summed E-state index contributed by atoms with van der Waals surface area (Å²) in [6.45, 7) is 0. The van der Waals surface area contributed by atoms with E-state index < -0.39 is 5.97 Å². The molecule has 1 spiro atoms. The van der Waals surface area contributed by atoms with E-state index in [-0.39, 0.29) is 51.5 Å². The minimum Gasteiger partial charge on any atom is -0.465 e. The van der Waals surface area contributed by atoms with Gasteiger partial charge in [0.05, 0.1) is 35.2 Å². The normalized spacial score (nSPS) is 33.3. The summed E-state index contributed by atoms with van der Waals surface area (Å²) in [4.78, 5) is 39.2. The lowest BCUT2D eigenvalue weighted by molar-refractivity contribution is -0.123. The van der Waals surface area contributed by atoms with Crippen molar-refractivity contribution in [3.8, 4) is 0 Å². The van der Waals surface area contributed by atoms with Crippen molar-refractivity contribution in [2.45, 2.75) is 12.8 Å². The molecule has 0 unspecified atom stereocenters. The third kappa shape index (κ3) is 1.72. The van der Waals surface area contributed by atoms with Gasteiger partial charge in [-0.2, -0.15) is 0 Å². The van der Waals surface area contributed by atoms with Crippen LogP contribution < -0.4 is 4.90 Å². The van der Waals surface area contributed by atoms with Gasteiger partial charge in [0.25, 0.3) is 0 Å². The topological polar surface area (TPSA) is 63.7 Å². The van der Waals surface area contributed by atoms with E-state index in [9.17, 15) is 14.4 Å². The lowest BCUT2D eigenvalue weighted by Gasteiger charge is -2.22. The Morgan fingerprint density at radius 1 is 1.16 bits per heavy atom. The lowest BCUT2D eigenvalue weighted by Crippen LogP contribution is -2.34. The molecule has 128 valence electrons. The number of carbonyl (C=O) groups excluding carboxylic acids is 3. The van der Waals surface area contributed by atoms with Crippen LogP contribution in [-0.2, 0) is 14.3 Å². The molecule has 1 aromatic rings. The van der Waals surface area contributed by atoms with Crippen molar-refractivity contribution in [2.24, 2.45) is 29.1 Å². The van der Waals surface area contributed by atoms with Crippen molar-refractivity contribution in [1.29, 1.82) is 0 Å². The smallest absolute Gasteiger partial charge is 0.339 e. The number of amides is 2. The van der Waals surface area contributed by atoms with Gasteiger partial charge < -0.3 is 4.74 Å². The highest BCUT2D eigenvalue weighted by molar-refractivity contribution is 6.34. The molecule has 0 N–H and O–H groups in total. The van der Waals surface area contributed by atoms with Gasteiger partial charge in [0.1, 0.15) is 0 Å². The number of hydrogen-bond donors (Lipinski definition) is 0. The number of ether oxygens (including phenoxy) is 1. The quantitative estimate of drug-likeness (QED) is 0.464. The second-order valence-corrected chi connectivity index (χ2v) is 7.80. The van der Waals surface area contributed by atoms with E-state index in [2.05, 4.69) is 12.2 Å². The predicted molar refractivity (Wildman–Crippen MR) is 90.1 cm³/mol. The molecule has 5 nitrogen and oxygen atoms in total. The van der Waals surface area contributed by atoms with Gasteiger partial charge in [0, 0.05) is 0 Å². The van der Waals surface area contributed by atoms with Gasteiger partial charge in [0.15, 0.2) is 0 Å². The summed E-state index contributed by atoms with van der Waals surface area (Å²) in [5.74, 6) is -1.07. The molecule has 0 radical (unpaired) electrons. The van der Waals surface area contributed by atoms with E-state index in [1.807, 2.05) is 0 Å². The zero-order chi connectivity index (χ0) is 17.5. The first-order valence-electron chi connectivity index (χ1n) is 8.43. The molecular formula is C19H16ClNO4. The SMILES string of the molecule is COC(=O)c1cc(N2C(=O)[C@H]3[C@H](C2=O)[C@H]2C=C[C@H]3C23CC3)ccc1Cl. The van der Waals surface area contributed by atoms with Crippen LogP contribution in [0.1, 0.15) is 23.2 Å². The molecule has 3 aliphatic carbocycles. The van der Waals surface area contributed by atoms with Crippen molar-refractivity contribution in [3.63, 3.8) is 0 Å². The zero-order valence-electron chi connectivity index (χ0n) is 13.6. The van der Waals surface area contributed by atoms with Gasteiger partial charge in [-0.3, -0.25) is 9.59 Å². The fourth-order valence-electron chi connectivity index (χ4n) is 5.25. The third-order valence-electron chi connectivity index (χ3n) is 6.47. The predicted octanol–water partition coefficient (Wildman–Crippen LogP) is 2.83. The molecule has 1 heterocycles. The Kier molecular flexibility index (Phi) is 2.86. The summed E-state index contributed by atoms with van der Waals surface area (Å²) >= 11 is 6.05. The van der Waals surface area contributed by atoms with E-state index in [1.54, 1.807) is 6.07 Å². The fourth-order valence-corrected chi connectivity index (χ4v) is 5.45. The van der Waals surface area contributed by atoms with Crippen molar-refractivity contribution in [2.75, 3.05) is 12.0 Å². The molecule has 25 heavy (non-hydrogen) atoms. The van der Waals surface area contributed by atoms with Gasteiger partial charge in [-0.1, -0.05) is 23.8 Å². The van der Waals surface area contributed by atoms with Crippen LogP contribution in [0.4, 0.5) is 5.69 Å². The van der Waals surface area contributed by atoms with Crippen LogP contribution in [0.3, 0.4) is 0 Å². The molecule has 4 atom stereocenters. The fraction of sp³-hybridized carbons (Fsp3) is 0.421. The van der Waals surface area contributed by atoms with Gasteiger partial charge in [-0.15, -0.1) is 0 Å². The molecule has 2 bridgehead atoms. The average molecular weight is 358 g/mol. The summed E-state index contributed by atoms with van der Waals surface area (Å²) in [6.07, 6.45) is 6.48. The zero-order valence-corrected chi connectivity index (χ0v) is 14.3. The number of carbonyl (C=O) groups is 3. The van der Waals surface area contributed by atoms with E-state index in [0.717, 1.165) is 12.8 Å². The molecule has 4 aliphatic rings. The molecule has 1 saturated heterocycles. The number of rotatable bonds is 2. The number of benzene rings is 1. The van der Waals surface area contributed by atoms with E-state index in [1.165, 1.54) is 24.1 Å². The minimum absolute atomic E-state index is 0.152. The first-order chi connectivity index (χ1) is 12.0. The van der Waals surface area contributed by atoms with Crippen molar-refractivity contribution in [3.05, 3.63) is 40.9 Å². The molecule has 1 aliphatic heterocycles. The first kappa shape index (κ1) is 15.1. The van der Waals surface area contributed by atoms with Crippen molar-refractivity contribution >= 4 is 35.1 Å². The number of fused-ring (bicyclic) bond motifs is 3. The maximum absolute atomic E-state index is 13.1. The maximum Gasteiger partial charge on any atom is 0.339 e. The molecule has 2 amide bonds. The lowest BCUT2D eigenvalue weighted by atomic mass is 9.85. The van der Waals surface area contributed by atoms with Gasteiger partial charge in [-0.25, -0.2) is 9.69 Å². The number of hydrogen-bond acceptors (Lipinski definition) is 4. The molecular weight excluding hydrogens is 342 g/mol. The molecule has 5 rings (SSSR count). The second-order valence-electron chi connectivity index (χ2n) is 7.39. The van der Waals surface area contributed by atoms with Crippen molar-refractivity contribution < 1.29 is 19.1 Å².